The molecule has 1 saturated carbocycles. The van der Waals surface area contributed by atoms with Gasteiger partial charge in [-0.1, -0.05) is 12.8 Å². The van der Waals surface area contributed by atoms with Crippen molar-refractivity contribution in [2.24, 2.45) is 5.92 Å². The van der Waals surface area contributed by atoms with Crippen molar-refractivity contribution in [2.45, 2.75) is 35.5 Å². The summed E-state index contributed by atoms with van der Waals surface area (Å²) < 4.78 is 51.2. The molecule has 0 radical (unpaired) electrons. The lowest BCUT2D eigenvalue weighted by Gasteiger charge is -2.35. The highest BCUT2D eigenvalue weighted by molar-refractivity contribution is 9.10. The van der Waals surface area contributed by atoms with Gasteiger partial charge in [-0.2, -0.15) is 4.31 Å². The Balaban J connectivity index is 1.76. The van der Waals surface area contributed by atoms with E-state index in [9.17, 15) is 21.6 Å². The second kappa shape index (κ2) is 7.81. The first-order valence-electron chi connectivity index (χ1n) is 8.89. The number of benzene rings is 1. The molecule has 7 nitrogen and oxygen atoms in total. The largest absolute Gasteiger partial charge is 0.340 e. The lowest BCUT2D eigenvalue weighted by Crippen LogP contribution is -2.51. The van der Waals surface area contributed by atoms with Gasteiger partial charge in [0.1, 0.15) is 0 Å². The van der Waals surface area contributed by atoms with E-state index in [0.29, 0.717) is 17.6 Å². The summed E-state index contributed by atoms with van der Waals surface area (Å²) in [6.45, 7) is 1.13. The van der Waals surface area contributed by atoms with Crippen molar-refractivity contribution in [3.8, 4) is 0 Å². The Bertz CT molecular complexity index is 932. The van der Waals surface area contributed by atoms with Gasteiger partial charge >= 0.3 is 0 Å². The Morgan fingerprint density at radius 1 is 1.04 bits per heavy atom. The van der Waals surface area contributed by atoms with Crippen LogP contribution in [0.15, 0.2) is 32.5 Å². The number of piperazine rings is 1. The third kappa shape index (κ3) is 4.38. The highest BCUT2D eigenvalue weighted by Crippen LogP contribution is 2.30. The van der Waals surface area contributed by atoms with Gasteiger partial charge in [0, 0.05) is 42.8 Å². The van der Waals surface area contributed by atoms with E-state index < -0.39 is 19.9 Å². The van der Waals surface area contributed by atoms with E-state index in [1.165, 1.54) is 22.5 Å². The predicted molar refractivity (Wildman–Crippen MR) is 105 cm³/mol. The van der Waals surface area contributed by atoms with E-state index in [1.807, 2.05) is 0 Å². The number of rotatable bonds is 4. The fourth-order valence-electron chi connectivity index (χ4n) is 3.63. The number of carbonyl (C=O) groups excluding carboxylic acids is 1. The smallest absolute Gasteiger partial charge is 0.244 e. The summed E-state index contributed by atoms with van der Waals surface area (Å²) in [6.07, 6.45) is 5.04. The highest BCUT2D eigenvalue weighted by atomic mass is 79.9. The molecule has 2 fully saturated rings. The van der Waals surface area contributed by atoms with Crippen LogP contribution < -0.4 is 0 Å². The Kier molecular flexibility index (Phi) is 6.00. The lowest BCUT2D eigenvalue weighted by atomic mass is 10.1. The van der Waals surface area contributed by atoms with E-state index in [0.717, 1.165) is 31.9 Å². The minimum Gasteiger partial charge on any atom is -0.340 e. The summed E-state index contributed by atoms with van der Waals surface area (Å²) in [4.78, 5) is 14.2. The number of amides is 1. The Hall–Kier alpha value is -0.970. The zero-order valence-electron chi connectivity index (χ0n) is 15.1. The SMILES string of the molecule is CS(=O)(=O)c1ccc(Br)c(S(=O)(=O)N2CCN(C(=O)C3CCCC3)CC2)c1. The van der Waals surface area contributed by atoms with Gasteiger partial charge in [0.15, 0.2) is 9.84 Å². The molecular formula is C17H23BrN2O5S2. The number of hydrogen-bond acceptors (Lipinski definition) is 5. The topological polar surface area (TPSA) is 91.8 Å². The minimum absolute atomic E-state index is 0.0423. The molecule has 0 aromatic heterocycles. The molecule has 27 heavy (non-hydrogen) atoms. The van der Waals surface area contributed by atoms with Crippen LogP contribution in [-0.2, 0) is 24.7 Å². The van der Waals surface area contributed by atoms with E-state index in [4.69, 9.17) is 0 Å². The zero-order chi connectivity index (χ0) is 19.8. The van der Waals surface area contributed by atoms with Crippen LogP contribution in [0.3, 0.4) is 0 Å². The van der Waals surface area contributed by atoms with Crippen molar-refractivity contribution in [1.29, 1.82) is 0 Å². The predicted octanol–water partition coefficient (Wildman–Crippen LogP) is 1.88. The monoisotopic (exact) mass is 478 g/mol. The van der Waals surface area contributed by atoms with Crippen molar-refractivity contribution in [1.82, 2.24) is 9.21 Å². The average Bonchev–Trinajstić information content (AvgIpc) is 3.15. The highest BCUT2D eigenvalue weighted by Gasteiger charge is 2.34. The van der Waals surface area contributed by atoms with E-state index in [-0.39, 0.29) is 34.7 Å². The van der Waals surface area contributed by atoms with Crippen molar-refractivity contribution in [3.05, 3.63) is 22.7 Å². The summed E-state index contributed by atoms with van der Waals surface area (Å²) in [6, 6.07) is 3.99. The number of nitrogens with zero attached hydrogens (tertiary/aromatic N) is 2. The van der Waals surface area contributed by atoms with Crippen LogP contribution in [0, 0.1) is 5.92 Å². The third-order valence-corrected chi connectivity index (χ3v) is 9.21. The van der Waals surface area contributed by atoms with Gasteiger partial charge in [0.2, 0.25) is 15.9 Å². The van der Waals surface area contributed by atoms with Crippen molar-refractivity contribution < 1.29 is 21.6 Å². The molecule has 1 heterocycles. The van der Waals surface area contributed by atoms with Gasteiger partial charge < -0.3 is 4.90 Å². The second-order valence-corrected chi connectivity index (χ2v) is 11.9. The van der Waals surface area contributed by atoms with Gasteiger partial charge in [-0.15, -0.1) is 0 Å². The summed E-state index contributed by atoms with van der Waals surface area (Å²) in [7, 11) is -7.38. The van der Waals surface area contributed by atoms with Gasteiger partial charge in [-0.05, 0) is 47.0 Å². The molecule has 1 aromatic rings. The number of sulfonamides is 1. The van der Waals surface area contributed by atoms with Gasteiger partial charge in [-0.3, -0.25) is 4.79 Å². The normalized spacial score (nSPS) is 20.1. The molecule has 150 valence electrons. The van der Waals surface area contributed by atoms with Crippen LogP contribution in [-0.4, -0.2) is 64.4 Å². The molecular weight excluding hydrogens is 456 g/mol. The summed E-state index contributed by atoms with van der Waals surface area (Å²) in [5.74, 6) is 0.207. The molecule has 10 heteroatoms. The van der Waals surface area contributed by atoms with Crippen molar-refractivity contribution >= 4 is 41.7 Å². The zero-order valence-corrected chi connectivity index (χ0v) is 18.3. The van der Waals surface area contributed by atoms with Gasteiger partial charge in [0.25, 0.3) is 0 Å². The number of carbonyl (C=O) groups is 1. The van der Waals surface area contributed by atoms with E-state index >= 15 is 0 Å². The molecule has 2 aliphatic rings. The molecule has 1 saturated heterocycles. The quantitative estimate of drug-likeness (QED) is 0.658. The second-order valence-electron chi connectivity index (χ2n) is 7.08. The van der Waals surface area contributed by atoms with Crippen LogP contribution in [0.1, 0.15) is 25.7 Å². The van der Waals surface area contributed by atoms with Crippen LogP contribution >= 0.6 is 15.9 Å². The molecule has 3 rings (SSSR count). The van der Waals surface area contributed by atoms with Gasteiger partial charge in [0.05, 0.1) is 9.79 Å². The molecule has 1 aliphatic heterocycles. The summed E-state index contributed by atoms with van der Waals surface area (Å²) in [5.41, 5.74) is 0. The van der Waals surface area contributed by atoms with E-state index in [1.54, 1.807) is 4.90 Å². The Morgan fingerprint density at radius 2 is 1.63 bits per heavy atom. The maximum atomic E-state index is 13.0. The fraction of sp³-hybridized carbons (Fsp3) is 0.588. The maximum Gasteiger partial charge on any atom is 0.244 e. The number of hydrogen-bond donors (Lipinski definition) is 0. The average molecular weight is 479 g/mol. The first kappa shape index (κ1) is 20.8. The van der Waals surface area contributed by atoms with Crippen LogP contribution in [0.5, 0.6) is 0 Å². The molecule has 1 amide bonds. The van der Waals surface area contributed by atoms with Crippen LogP contribution in [0.2, 0.25) is 0 Å². The number of halogens is 1. The van der Waals surface area contributed by atoms with Gasteiger partial charge in [-0.25, -0.2) is 16.8 Å². The lowest BCUT2D eigenvalue weighted by molar-refractivity contribution is -0.136. The third-order valence-electron chi connectivity index (χ3n) is 5.20. The van der Waals surface area contributed by atoms with Crippen molar-refractivity contribution in [2.75, 3.05) is 32.4 Å². The molecule has 0 atom stereocenters. The standard InChI is InChI=1S/C17H23BrN2O5S2/c1-26(22,23)14-6-7-15(18)16(12-14)27(24,25)20-10-8-19(9-11-20)17(21)13-4-2-3-5-13/h6-7,12-13H,2-5,8-11H2,1H3. The molecule has 1 aromatic carbocycles. The number of sulfone groups is 1. The minimum atomic E-state index is -3.86. The van der Waals surface area contributed by atoms with E-state index in [2.05, 4.69) is 15.9 Å². The summed E-state index contributed by atoms with van der Waals surface area (Å²) >= 11 is 3.21. The first-order valence-corrected chi connectivity index (χ1v) is 13.0. The van der Waals surface area contributed by atoms with Crippen LogP contribution in [0.25, 0.3) is 0 Å². The first-order chi connectivity index (χ1) is 12.6. The maximum absolute atomic E-state index is 13.0. The molecule has 1 aliphatic carbocycles. The Labute approximate surface area is 168 Å². The summed E-state index contributed by atoms with van der Waals surface area (Å²) in [5, 5.41) is 0. The van der Waals surface area contributed by atoms with Crippen LogP contribution in [0.4, 0.5) is 0 Å². The Morgan fingerprint density at radius 3 is 2.19 bits per heavy atom. The molecule has 0 N–H and O–H groups in total. The fourth-order valence-corrected chi connectivity index (χ4v) is 6.73. The molecule has 0 unspecified atom stereocenters. The van der Waals surface area contributed by atoms with Crippen molar-refractivity contribution in [3.63, 3.8) is 0 Å². The molecule has 0 spiro atoms. The molecule has 0 bridgehead atoms.